The Labute approximate surface area is 76.7 Å². The summed E-state index contributed by atoms with van der Waals surface area (Å²) in [5, 5.41) is -3.73. The fourth-order valence-corrected chi connectivity index (χ4v) is 0.746. The second kappa shape index (κ2) is 3.96. The third kappa shape index (κ3) is 5.54. The fraction of sp³-hybridized carbons (Fsp3) is 0.500. The molecule has 0 radical (unpaired) electrons. The first-order valence-electron chi connectivity index (χ1n) is 2.09. The van der Waals surface area contributed by atoms with Crippen molar-refractivity contribution in [2.75, 3.05) is 0 Å². The third-order valence-electron chi connectivity index (χ3n) is 0.561. The van der Waals surface area contributed by atoms with Crippen molar-refractivity contribution >= 4 is 46.4 Å². The van der Waals surface area contributed by atoms with Gasteiger partial charge in [-0.1, -0.05) is 34.8 Å². The molecule has 0 bridgehead atoms. The summed E-state index contributed by atoms with van der Waals surface area (Å²) >= 11 is 19.8. The quantitative estimate of drug-likeness (QED) is 0.626. The summed E-state index contributed by atoms with van der Waals surface area (Å²) in [6.45, 7) is 0. The molecule has 0 aromatic heterocycles. The Bertz CT molecular complexity index is 144. The van der Waals surface area contributed by atoms with Crippen molar-refractivity contribution in [3.63, 3.8) is 0 Å². The maximum Gasteiger partial charge on any atom is 0.326 e. The predicted octanol–water partition coefficient (Wildman–Crippen LogP) is 4.09. The van der Waals surface area contributed by atoms with Gasteiger partial charge < -0.3 is 0 Å². The monoisotopic (exact) mass is 228 g/mol. The highest BCUT2D eigenvalue weighted by Gasteiger charge is 2.26. The highest BCUT2D eigenvalue weighted by atomic mass is 35.5. The van der Waals surface area contributed by atoms with Gasteiger partial charge in [0, 0.05) is 0 Å². The zero-order valence-corrected chi connectivity index (χ0v) is 7.50. The average molecular weight is 230 g/mol. The normalized spacial score (nSPS) is 11.4. The Morgan fingerprint density at radius 3 is 1.70 bits per heavy atom. The van der Waals surface area contributed by atoms with E-state index in [1.54, 1.807) is 0 Å². The lowest BCUT2D eigenvalue weighted by atomic mass is 10.4. The van der Waals surface area contributed by atoms with Crippen LogP contribution in [0.1, 0.15) is 6.42 Å². The van der Waals surface area contributed by atoms with Crippen molar-refractivity contribution in [2.45, 2.75) is 11.8 Å². The van der Waals surface area contributed by atoms with E-state index in [-0.39, 0.29) is 9.52 Å². The van der Waals surface area contributed by atoms with Crippen molar-refractivity contribution in [3.8, 4) is 0 Å². The predicted molar refractivity (Wildman–Crippen MR) is 40.0 cm³/mol. The molecule has 0 aromatic carbocycles. The number of rotatable bonds is 2. The Morgan fingerprint density at radius 2 is 1.60 bits per heavy atom. The van der Waals surface area contributed by atoms with E-state index < -0.39 is 11.8 Å². The van der Waals surface area contributed by atoms with E-state index in [1.807, 2.05) is 0 Å². The SMILES string of the molecule is FC(F)(Cl)CC(Cl)=C(Cl)Cl. The molecule has 0 nitrogen and oxygen atoms in total. The first kappa shape index (κ1) is 10.8. The Kier molecular flexibility index (Phi) is 4.26. The van der Waals surface area contributed by atoms with Gasteiger partial charge in [-0.05, 0) is 11.6 Å². The van der Waals surface area contributed by atoms with Crippen molar-refractivity contribution in [2.24, 2.45) is 0 Å². The minimum atomic E-state index is -3.38. The van der Waals surface area contributed by atoms with Crippen LogP contribution in [0.4, 0.5) is 8.78 Å². The van der Waals surface area contributed by atoms with Crippen LogP contribution in [0.15, 0.2) is 9.52 Å². The molecule has 0 saturated carbocycles. The van der Waals surface area contributed by atoms with E-state index in [0.29, 0.717) is 0 Å². The van der Waals surface area contributed by atoms with E-state index >= 15 is 0 Å². The van der Waals surface area contributed by atoms with Crippen LogP contribution in [0.25, 0.3) is 0 Å². The Morgan fingerprint density at radius 1 is 1.20 bits per heavy atom. The number of hydrogen-bond donors (Lipinski definition) is 0. The van der Waals surface area contributed by atoms with E-state index in [4.69, 9.17) is 34.8 Å². The van der Waals surface area contributed by atoms with Crippen molar-refractivity contribution in [1.82, 2.24) is 0 Å². The van der Waals surface area contributed by atoms with Gasteiger partial charge in [-0.3, -0.25) is 0 Å². The van der Waals surface area contributed by atoms with Crippen LogP contribution in [0.3, 0.4) is 0 Å². The average Bonchev–Trinajstić information content (AvgIpc) is 1.60. The van der Waals surface area contributed by atoms with Gasteiger partial charge in [0.2, 0.25) is 0 Å². The van der Waals surface area contributed by atoms with Crippen LogP contribution < -0.4 is 0 Å². The van der Waals surface area contributed by atoms with Crippen LogP contribution in [-0.2, 0) is 0 Å². The number of allylic oxidation sites excluding steroid dienone is 1. The van der Waals surface area contributed by atoms with E-state index in [2.05, 4.69) is 11.6 Å². The highest BCUT2D eigenvalue weighted by molar-refractivity contribution is 6.59. The molecule has 0 unspecified atom stereocenters. The van der Waals surface area contributed by atoms with Gasteiger partial charge in [0.15, 0.2) is 0 Å². The first-order valence-corrected chi connectivity index (χ1v) is 3.60. The van der Waals surface area contributed by atoms with Gasteiger partial charge in [0.25, 0.3) is 0 Å². The Hall–Kier alpha value is 0.760. The molecule has 0 fully saturated rings. The molecule has 60 valence electrons. The smallest absolute Gasteiger partial charge is 0.188 e. The van der Waals surface area contributed by atoms with Crippen LogP contribution in [0, 0.1) is 0 Å². The van der Waals surface area contributed by atoms with Crippen LogP contribution in [0.5, 0.6) is 0 Å². The van der Waals surface area contributed by atoms with Crippen LogP contribution in [0.2, 0.25) is 0 Å². The maximum absolute atomic E-state index is 11.9. The van der Waals surface area contributed by atoms with Gasteiger partial charge in [-0.2, -0.15) is 8.78 Å². The topological polar surface area (TPSA) is 0 Å². The van der Waals surface area contributed by atoms with Gasteiger partial charge in [0.1, 0.15) is 4.49 Å². The molecule has 0 aliphatic carbocycles. The number of alkyl halides is 3. The molecular formula is C4H2Cl4F2. The van der Waals surface area contributed by atoms with Crippen LogP contribution in [-0.4, -0.2) is 5.38 Å². The minimum Gasteiger partial charge on any atom is -0.188 e. The summed E-state index contributed by atoms with van der Waals surface area (Å²) in [5.74, 6) is 0. The Balaban J connectivity index is 4.06. The molecular weight excluding hydrogens is 228 g/mol. The summed E-state index contributed by atoms with van der Waals surface area (Å²) in [4.78, 5) is 0. The molecule has 0 rings (SSSR count). The summed E-state index contributed by atoms with van der Waals surface area (Å²) in [6, 6.07) is 0. The molecule has 0 amide bonds. The molecule has 0 aliphatic rings. The fourth-order valence-electron chi connectivity index (χ4n) is 0.243. The maximum atomic E-state index is 11.9. The summed E-state index contributed by atoms with van der Waals surface area (Å²) in [7, 11) is 0. The second-order valence-corrected chi connectivity index (χ2v) is 3.42. The first-order chi connectivity index (χ1) is 4.33. The zero-order chi connectivity index (χ0) is 8.36. The molecule has 0 atom stereocenters. The van der Waals surface area contributed by atoms with Crippen molar-refractivity contribution < 1.29 is 8.78 Å². The van der Waals surface area contributed by atoms with Gasteiger partial charge in [0.05, 0.1) is 11.5 Å². The molecule has 0 N–H and O–H groups in total. The molecule has 0 heterocycles. The van der Waals surface area contributed by atoms with Crippen LogP contribution >= 0.6 is 46.4 Å². The van der Waals surface area contributed by atoms with E-state index in [9.17, 15) is 8.78 Å². The molecule has 0 saturated heterocycles. The van der Waals surface area contributed by atoms with Gasteiger partial charge in [-0.25, -0.2) is 0 Å². The molecule has 0 aromatic rings. The lowest BCUT2D eigenvalue weighted by Crippen LogP contribution is -2.04. The lowest BCUT2D eigenvalue weighted by molar-refractivity contribution is 0.0989. The largest absolute Gasteiger partial charge is 0.326 e. The van der Waals surface area contributed by atoms with Crippen molar-refractivity contribution in [1.29, 1.82) is 0 Å². The van der Waals surface area contributed by atoms with Gasteiger partial charge >= 0.3 is 5.38 Å². The highest BCUT2D eigenvalue weighted by Crippen LogP contribution is 2.32. The second-order valence-electron chi connectivity index (χ2n) is 1.46. The molecule has 6 heteroatoms. The van der Waals surface area contributed by atoms with Gasteiger partial charge in [-0.15, -0.1) is 0 Å². The summed E-state index contributed by atoms with van der Waals surface area (Å²) < 4.78 is 23.3. The lowest BCUT2D eigenvalue weighted by Gasteiger charge is -2.05. The van der Waals surface area contributed by atoms with Crippen molar-refractivity contribution in [3.05, 3.63) is 9.52 Å². The zero-order valence-electron chi connectivity index (χ0n) is 4.47. The molecule has 0 aliphatic heterocycles. The minimum absolute atomic E-state index is 0.344. The molecule has 10 heavy (non-hydrogen) atoms. The van der Waals surface area contributed by atoms with E-state index in [1.165, 1.54) is 0 Å². The number of hydrogen-bond acceptors (Lipinski definition) is 0. The summed E-state index contributed by atoms with van der Waals surface area (Å²) in [5.41, 5.74) is 0. The standard InChI is InChI=1S/C4H2Cl4F2/c5-2(3(6)7)1-4(8,9)10/h1H2. The molecule has 0 spiro atoms. The third-order valence-corrected chi connectivity index (χ3v) is 1.67. The van der Waals surface area contributed by atoms with E-state index in [0.717, 1.165) is 0 Å². The summed E-state index contributed by atoms with van der Waals surface area (Å²) in [6.07, 6.45) is -0.849. The number of halogens is 6.